The molecule has 3 nitrogen and oxygen atoms in total. The van der Waals surface area contributed by atoms with E-state index in [0.29, 0.717) is 16.7 Å². The summed E-state index contributed by atoms with van der Waals surface area (Å²) in [5.74, 6) is 1.40. The van der Waals surface area contributed by atoms with Gasteiger partial charge in [-0.1, -0.05) is 17.7 Å². The van der Waals surface area contributed by atoms with Gasteiger partial charge in [-0.05, 0) is 35.4 Å². The van der Waals surface area contributed by atoms with Crippen molar-refractivity contribution in [3.05, 3.63) is 41.7 Å². The third kappa shape index (κ3) is 2.50. The first-order valence-corrected chi connectivity index (χ1v) is 5.46. The number of hydrogen-bond donors (Lipinski definition) is 0. The molecule has 88 valence electrons. The Morgan fingerprint density at radius 2 is 1.65 bits per heavy atom. The third-order valence-electron chi connectivity index (χ3n) is 2.44. The van der Waals surface area contributed by atoms with Gasteiger partial charge in [0.05, 0.1) is 14.2 Å². The monoisotopic (exact) mass is 249 g/mol. The van der Waals surface area contributed by atoms with Gasteiger partial charge in [-0.2, -0.15) is 0 Å². The average Bonchev–Trinajstić information content (AvgIpc) is 2.38. The quantitative estimate of drug-likeness (QED) is 0.781. The van der Waals surface area contributed by atoms with Crippen LogP contribution in [0.5, 0.6) is 11.5 Å². The normalized spacial score (nSPS) is 10.1. The molecule has 4 heteroatoms. The minimum Gasteiger partial charge on any atom is -0.493 e. The summed E-state index contributed by atoms with van der Waals surface area (Å²) < 4.78 is 10.4. The first-order valence-electron chi connectivity index (χ1n) is 5.08. The molecule has 1 aromatic carbocycles. The molecule has 0 saturated heterocycles. The van der Waals surface area contributed by atoms with Crippen LogP contribution < -0.4 is 9.47 Å². The molecule has 17 heavy (non-hydrogen) atoms. The molecule has 0 bridgehead atoms. The largest absolute Gasteiger partial charge is 0.493 e. The summed E-state index contributed by atoms with van der Waals surface area (Å²) in [6.45, 7) is 0. The van der Waals surface area contributed by atoms with Crippen molar-refractivity contribution in [1.29, 1.82) is 0 Å². The second kappa shape index (κ2) is 5.06. The molecule has 0 amide bonds. The first-order chi connectivity index (χ1) is 8.24. The van der Waals surface area contributed by atoms with E-state index in [-0.39, 0.29) is 0 Å². The highest BCUT2D eigenvalue weighted by atomic mass is 35.5. The number of aromatic nitrogens is 1. The van der Waals surface area contributed by atoms with E-state index < -0.39 is 0 Å². The Balaban J connectivity index is 2.46. The van der Waals surface area contributed by atoms with E-state index in [1.165, 1.54) is 0 Å². The third-order valence-corrected chi connectivity index (χ3v) is 2.65. The lowest BCUT2D eigenvalue weighted by Crippen LogP contribution is -1.90. The van der Waals surface area contributed by atoms with Crippen LogP contribution in [0.1, 0.15) is 0 Å². The van der Waals surface area contributed by atoms with Crippen molar-refractivity contribution in [2.45, 2.75) is 0 Å². The van der Waals surface area contributed by atoms with Crippen LogP contribution in [0.2, 0.25) is 5.15 Å². The SMILES string of the molecule is COc1ccc(-c2ccnc(Cl)c2)cc1OC. The van der Waals surface area contributed by atoms with Gasteiger partial charge >= 0.3 is 0 Å². The molecular weight excluding hydrogens is 238 g/mol. The molecule has 0 aliphatic carbocycles. The Kier molecular flexibility index (Phi) is 3.49. The predicted octanol–water partition coefficient (Wildman–Crippen LogP) is 3.42. The fraction of sp³-hybridized carbons (Fsp3) is 0.154. The fourth-order valence-corrected chi connectivity index (χ4v) is 1.77. The molecule has 0 N–H and O–H groups in total. The number of ether oxygens (including phenoxy) is 2. The van der Waals surface area contributed by atoms with Crippen LogP contribution in [0.25, 0.3) is 11.1 Å². The lowest BCUT2D eigenvalue weighted by molar-refractivity contribution is 0.355. The van der Waals surface area contributed by atoms with Crippen LogP contribution in [0.3, 0.4) is 0 Å². The second-order valence-electron chi connectivity index (χ2n) is 3.44. The van der Waals surface area contributed by atoms with Gasteiger partial charge < -0.3 is 9.47 Å². The fourth-order valence-electron chi connectivity index (χ4n) is 1.60. The summed E-state index contributed by atoms with van der Waals surface area (Å²) in [7, 11) is 3.22. The summed E-state index contributed by atoms with van der Waals surface area (Å²) in [6.07, 6.45) is 1.67. The average molecular weight is 250 g/mol. The van der Waals surface area contributed by atoms with E-state index in [0.717, 1.165) is 11.1 Å². The van der Waals surface area contributed by atoms with Crippen LogP contribution >= 0.6 is 11.6 Å². The molecule has 2 rings (SSSR count). The Bertz CT molecular complexity index is 529. The lowest BCUT2D eigenvalue weighted by Gasteiger charge is -2.09. The number of nitrogens with zero attached hydrogens (tertiary/aromatic N) is 1. The maximum atomic E-state index is 5.86. The zero-order valence-electron chi connectivity index (χ0n) is 9.61. The van der Waals surface area contributed by atoms with Gasteiger partial charge in [0.25, 0.3) is 0 Å². The Hall–Kier alpha value is -1.74. The van der Waals surface area contributed by atoms with Gasteiger partial charge in [0.1, 0.15) is 5.15 Å². The topological polar surface area (TPSA) is 31.4 Å². The van der Waals surface area contributed by atoms with Crippen LogP contribution in [-0.2, 0) is 0 Å². The molecule has 0 fully saturated rings. The Morgan fingerprint density at radius 1 is 0.941 bits per heavy atom. The van der Waals surface area contributed by atoms with E-state index in [1.54, 1.807) is 20.4 Å². The Labute approximate surface area is 105 Å². The summed E-state index contributed by atoms with van der Waals surface area (Å²) in [6, 6.07) is 9.43. The molecule has 0 unspecified atom stereocenters. The maximum Gasteiger partial charge on any atom is 0.161 e. The molecule has 0 aliphatic heterocycles. The van der Waals surface area contributed by atoms with E-state index in [4.69, 9.17) is 21.1 Å². The van der Waals surface area contributed by atoms with E-state index >= 15 is 0 Å². The van der Waals surface area contributed by atoms with Gasteiger partial charge in [0.15, 0.2) is 11.5 Å². The highest BCUT2D eigenvalue weighted by Gasteiger charge is 2.06. The number of benzene rings is 1. The number of pyridine rings is 1. The van der Waals surface area contributed by atoms with Crippen LogP contribution in [0.15, 0.2) is 36.5 Å². The zero-order chi connectivity index (χ0) is 12.3. The molecular formula is C13H12ClNO2. The minimum atomic E-state index is 0.470. The van der Waals surface area contributed by atoms with Gasteiger partial charge in [0, 0.05) is 6.20 Å². The summed E-state index contributed by atoms with van der Waals surface area (Å²) >= 11 is 5.86. The van der Waals surface area contributed by atoms with Crippen molar-refractivity contribution >= 4 is 11.6 Å². The lowest BCUT2D eigenvalue weighted by atomic mass is 10.1. The van der Waals surface area contributed by atoms with Crippen LogP contribution in [0.4, 0.5) is 0 Å². The van der Waals surface area contributed by atoms with Crippen molar-refractivity contribution in [2.75, 3.05) is 14.2 Å². The summed E-state index contributed by atoms with van der Waals surface area (Å²) in [5, 5.41) is 0.470. The molecule has 0 radical (unpaired) electrons. The molecule has 2 aromatic rings. The van der Waals surface area contributed by atoms with Crippen molar-refractivity contribution in [3.8, 4) is 22.6 Å². The summed E-state index contributed by atoms with van der Waals surface area (Å²) in [4.78, 5) is 3.95. The van der Waals surface area contributed by atoms with Crippen molar-refractivity contribution in [2.24, 2.45) is 0 Å². The van der Waals surface area contributed by atoms with Gasteiger partial charge in [0.2, 0.25) is 0 Å². The number of hydrogen-bond acceptors (Lipinski definition) is 3. The van der Waals surface area contributed by atoms with E-state index in [9.17, 15) is 0 Å². The second-order valence-corrected chi connectivity index (χ2v) is 3.82. The predicted molar refractivity (Wildman–Crippen MR) is 67.8 cm³/mol. The van der Waals surface area contributed by atoms with Crippen molar-refractivity contribution in [3.63, 3.8) is 0 Å². The van der Waals surface area contributed by atoms with Crippen LogP contribution in [0, 0.1) is 0 Å². The smallest absolute Gasteiger partial charge is 0.161 e. The van der Waals surface area contributed by atoms with Gasteiger partial charge in [-0.25, -0.2) is 4.98 Å². The highest BCUT2D eigenvalue weighted by Crippen LogP contribution is 2.32. The van der Waals surface area contributed by atoms with Gasteiger partial charge in [-0.15, -0.1) is 0 Å². The number of methoxy groups -OCH3 is 2. The van der Waals surface area contributed by atoms with E-state index in [1.807, 2.05) is 30.3 Å². The molecule has 1 aromatic heterocycles. The maximum absolute atomic E-state index is 5.86. The first kappa shape index (κ1) is 11.7. The van der Waals surface area contributed by atoms with Crippen molar-refractivity contribution < 1.29 is 9.47 Å². The Morgan fingerprint density at radius 3 is 2.29 bits per heavy atom. The zero-order valence-corrected chi connectivity index (χ0v) is 10.4. The number of rotatable bonds is 3. The minimum absolute atomic E-state index is 0.470. The molecule has 0 aliphatic rings. The van der Waals surface area contributed by atoms with E-state index in [2.05, 4.69) is 4.98 Å². The molecule has 1 heterocycles. The van der Waals surface area contributed by atoms with Gasteiger partial charge in [-0.3, -0.25) is 0 Å². The molecule has 0 spiro atoms. The van der Waals surface area contributed by atoms with Crippen LogP contribution in [-0.4, -0.2) is 19.2 Å². The molecule has 0 atom stereocenters. The standard InChI is InChI=1S/C13H12ClNO2/c1-16-11-4-3-9(7-12(11)17-2)10-5-6-15-13(14)8-10/h3-8H,1-2H3. The number of halogens is 1. The summed E-state index contributed by atoms with van der Waals surface area (Å²) in [5.41, 5.74) is 2.00. The molecule has 0 saturated carbocycles. The van der Waals surface area contributed by atoms with Crippen molar-refractivity contribution in [1.82, 2.24) is 4.98 Å². The highest BCUT2D eigenvalue weighted by molar-refractivity contribution is 6.29.